The summed E-state index contributed by atoms with van der Waals surface area (Å²) in [7, 11) is 0. The maximum atomic E-state index is 9.43. The minimum atomic E-state index is 0.213. The molecule has 0 spiro atoms. The monoisotopic (exact) mass is 266 g/mol. The van der Waals surface area contributed by atoms with E-state index in [-0.39, 0.29) is 12.5 Å². The lowest BCUT2D eigenvalue weighted by molar-refractivity contribution is 0.225. The van der Waals surface area contributed by atoms with Gasteiger partial charge in [-0.05, 0) is 47.9 Å². The lowest BCUT2D eigenvalue weighted by Crippen LogP contribution is -2.12. The maximum Gasteiger partial charge on any atom is 0.0465 e. The first-order chi connectivity index (χ1) is 8.28. The van der Waals surface area contributed by atoms with Gasteiger partial charge in [-0.3, -0.25) is 0 Å². The minimum Gasteiger partial charge on any atom is -0.396 e. The molecule has 2 aromatic rings. The van der Waals surface area contributed by atoms with Crippen LogP contribution in [0.5, 0.6) is 0 Å². The Labute approximate surface area is 111 Å². The molecule has 1 unspecified atom stereocenters. The number of thiophene rings is 1. The van der Waals surface area contributed by atoms with Gasteiger partial charge < -0.3 is 5.11 Å². The molecule has 0 aliphatic rings. The zero-order valence-electron chi connectivity index (χ0n) is 9.47. The van der Waals surface area contributed by atoms with Crippen LogP contribution < -0.4 is 0 Å². The number of hydrogen-bond donors (Lipinski definition) is 1. The first-order valence-corrected chi connectivity index (χ1v) is 6.91. The summed E-state index contributed by atoms with van der Waals surface area (Å²) in [5.74, 6) is 0.270. The van der Waals surface area contributed by atoms with Crippen molar-refractivity contribution in [1.82, 2.24) is 0 Å². The maximum absolute atomic E-state index is 9.43. The molecular weight excluding hydrogens is 252 g/mol. The third-order valence-electron chi connectivity index (χ3n) is 2.74. The largest absolute Gasteiger partial charge is 0.396 e. The summed E-state index contributed by atoms with van der Waals surface area (Å²) in [4.78, 5) is 1.33. The highest BCUT2D eigenvalue weighted by Gasteiger charge is 2.10. The van der Waals surface area contributed by atoms with Crippen LogP contribution in [0.4, 0.5) is 0 Å². The van der Waals surface area contributed by atoms with Gasteiger partial charge in [-0.1, -0.05) is 29.8 Å². The summed E-state index contributed by atoms with van der Waals surface area (Å²) in [5, 5.41) is 12.3. The summed E-state index contributed by atoms with van der Waals surface area (Å²) in [5.41, 5.74) is 1.19. The number of rotatable bonds is 5. The first kappa shape index (κ1) is 12.6. The molecule has 0 fully saturated rings. The van der Waals surface area contributed by atoms with E-state index in [2.05, 4.69) is 17.5 Å². The quantitative estimate of drug-likeness (QED) is 0.873. The lowest BCUT2D eigenvalue weighted by Gasteiger charge is -2.13. The van der Waals surface area contributed by atoms with Crippen molar-refractivity contribution in [2.75, 3.05) is 6.61 Å². The van der Waals surface area contributed by atoms with Crippen LogP contribution in [0.1, 0.15) is 10.4 Å². The van der Waals surface area contributed by atoms with Gasteiger partial charge in [-0.25, -0.2) is 0 Å². The van der Waals surface area contributed by atoms with E-state index in [9.17, 15) is 5.11 Å². The Morgan fingerprint density at radius 1 is 1.18 bits per heavy atom. The van der Waals surface area contributed by atoms with Gasteiger partial charge in [-0.15, -0.1) is 11.3 Å². The van der Waals surface area contributed by atoms with Gasteiger partial charge in [0.15, 0.2) is 0 Å². The number of aliphatic hydroxyl groups excluding tert-OH is 1. The topological polar surface area (TPSA) is 20.2 Å². The number of hydrogen-bond acceptors (Lipinski definition) is 2. The molecule has 0 saturated carbocycles. The minimum absolute atomic E-state index is 0.213. The molecular formula is C14H15ClOS. The average Bonchev–Trinajstić information content (AvgIpc) is 2.81. The van der Waals surface area contributed by atoms with Gasteiger partial charge in [0.05, 0.1) is 0 Å². The van der Waals surface area contributed by atoms with Gasteiger partial charge in [0, 0.05) is 16.5 Å². The predicted molar refractivity (Wildman–Crippen MR) is 73.8 cm³/mol. The van der Waals surface area contributed by atoms with Crippen molar-refractivity contribution in [3.8, 4) is 0 Å². The molecule has 1 N–H and O–H groups in total. The van der Waals surface area contributed by atoms with Crippen LogP contribution in [0.25, 0.3) is 0 Å². The highest BCUT2D eigenvalue weighted by molar-refractivity contribution is 7.09. The van der Waals surface area contributed by atoms with E-state index in [4.69, 9.17) is 11.6 Å². The van der Waals surface area contributed by atoms with Crippen LogP contribution >= 0.6 is 22.9 Å². The van der Waals surface area contributed by atoms with Crippen molar-refractivity contribution in [1.29, 1.82) is 0 Å². The second-order valence-corrected chi connectivity index (χ2v) is 5.63. The number of halogens is 1. The Morgan fingerprint density at radius 3 is 2.71 bits per heavy atom. The number of aliphatic hydroxyl groups is 1. The van der Waals surface area contributed by atoms with Crippen LogP contribution in [-0.2, 0) is 12.8 Å². The van der Waals surface area contributed by atoms with Gasteiger partial charge in [0.2, 0.25) is 0 Å². The second kappa shape index (κ2) is 6.20. The first-order valence-electron chi connectivity index (χ1n) is 5.65. The summed E-state index contributed by atoms with van der Waals surface area (Å²) in [6, 6.07) is 12.0. The van der Waals surface area contributed by atoms with Crippen LogP contribution in [0.15, 0.2) is 41.8 Å². The van der Waals surface area contributed by atoms with Crippen molar-refractivity contribution >= 4 is 22.9 Å². The van der Waals surface area contributed by atoms with Crippen LogP contribution in [-0.4, -0.2) is 11.7 Å². The lowest BCUT2D eigenvalue weighted by atomic mass is 9.96. The third-order valence-corrected chi connectivity index (χ3v) is 3.88. The molecule has 1 aromatic heterocycles. The van der Waals surface area contributed by atoms with E-state index in [0.717, 1.165) is 17.9 Å². The summed E-state index contributed by atoms with van der Waals surface area (Å²) in [6.07, 6.45) is 1.80. The molecule has 2 rings (SSSR count). The molecule has 3 heteroatoms. The molecule has 90 valence electrons. The molecule has 1 aromatic carbocycles. The van der Waals surface area contributed by atoms with E-state index >= 15 is 0 Å². The molecule has 0 radical (unpaired) electrons. The summed E-state index contributed by atoms with van der Waals surface area (Å²) >= 11 is 7.70. The Hall–Kier alpha value is -0.830. The third kappa shape index (κ3) is 3.84. The van der Waals surface area contributed by atoms with Gasteiger partial charge >= 0.3 is 0 Å². The van der Waals surface area contributed by atoms with Crippen molar-refractivity contribution in [2.45, 2.75) is 12.8 Å². The fraction of sp³-hybridized carbons (Fsp3) is 0.286. The van der Waals surface area contributed by atoms with E-state index in [1.807, 2.05) is 24.3 Å². The highest BCUT2D eigenvalue weighted by atomic mass is 35.5. The van der Waals surface area contributed by atoms with Crippen LogP contribution in [0.3, 0.4) is 0 Å². The molecule has 1 nitrogen and oxygen atoms in total. The predicted octanol–water partition coefficient (Wildman–Crippen LogP) is 3.80. The molecule has 17 heavy (non-hydrogen) atoms. The van der Waals surface area contributed by atoms with Crippen molar-refractivity contribution in [3.05, 3.63) is 57.2 Å². The molecule has 0 aliphatic heterocycles. The van der Waals surface area contributed by atoms with E-state index in [1.165, 1.54) is 10.4 Å². The van der Waals surface area contributed by atoms with Crippen LogP contribution in [0.2, 0.25) is 5.02 Å². The fourth-order valence-corrected chi connectivity index (χ4v) is 2.95. The molecule has 0 aliphatic carbocycles. The summed E-state index contributed by atoms with van der Waals surface area (Å²) in [6.45, 7) is 0.213. The van der Waals surface area contributed by atoms with Crippen molar-refractivity contribution < 1.29 is 5.11 Å². The molecule has 0 saturated heterocycles. The Morgan fingerprint density at radius 2 is 2.06 bits per heavy atom. The second-order valence-electron chi connectivity index (χ2n) is 4.17. The van der Waals surface area contributed by atoms with E-state index in [0.29, 0.717) is 0 Å². The van der Waals surface area contributed by atoms with E-state index < -0.39 is 0 Å². The SMILES string of the molecule is OCC(Cc1cccc(Cl)c1)Cc1cccs1. The Bertz CT molecular complexity index is 453. The normalized spacial score (nSPS) is 12.6. The Balaban J connectivity index is 2.00. The van der Waals surface area contributed by atoms with Gasteiger partial charge in [-0.2, -0.15) is 0 Å². The number of benzene rings is 1. The molecule has 1 heterocycles. The van der Waals surface area contributed by atoms with Crippen molar-refractivity contribution in [3.63, 3.8) is 0 Å². The average molecular weight is 267 g/mol. The fourth-order valence-electron chi connectivity index (χ4n) is 1.91. The molecule has 0 bridgehead atoms. The van der Waals surface area contributed by atoms with E-state index in [1.54, 1.807) is 11.3 Å². The van der Waals surface area contributed by atoms with Crippen LogP contribution in [0, 0.1) is 5.92 Å². The summed E-state index contributed by atoms with van der Waals surface area (Å²) < 4.78 is 0. The Kier molecular flexibility index (Phi) is 4.60. The smallest absolute Gasteiger partial charge is 0.0465 e. The molecule has 1 atom stereocenters. The molecule has 0 amide bonds. The van der Waals surface area contributed by atoms with Gasteiger partial charge in [0.1, 0.15) is 0 Å². The van der Waals surface area contributed by atoms with Crippen molar-refractivity contribution in [2.24, 2.45) is 5.92 Å². The zero-order valence-corrected chi connectivity index (χ0v) is 11.0. The zero-order chi connectivity index (χ0) is 12.1. The standard InChI is InChI=1S/C14H15ClOS/c15-13-4-1-3-11(8-13)7-12(10-16)9-14-5-2-6-17-14/h1-6,8,12,16H,7,9-10H2. The highest BCUT2D eigenvalue weighted by Crippen LogP contribution is 2.19. The van der Waals surface area contributed by atoms with Gasteiger partial charge in [0.25, 0.3) is 0 Å².